The summed E-state index contributed by atoms with van der Waals surface area (Å²) < 4.78 is 41.4. The molecule has 0 saturated heterocycles. The number of benzene rings is 2. The number of carbonyl (C=O) groups excluding carboxylic acids is 1. The maximum Gasteiger partial charge on any atom is 0.422 e. The number of carbonyl (C=O) groups is 1. The number of nitrogens with one attached hydrogen (secondary N) is 2. The molecule has 1 atom stereocenters. The number of hydrogen-bond donors (Lipinski definition) is 2. The van der Waals surface area contributed by atoms with Gasteiger partial charge >= 0.3 is 12.2 Å². The van der Waals surface area contributed by atoms with Crippen molar-refractivity contribution in [2.75, 3.05) is 11.9 Å². The van der Waals surface area contributed by atoms with Crippen molar-refractivity contribution in [2.45, 2.75) is 25.1 Å². The molecule has 2 aromatic carbocycles. The summed E-state index contributed by atoms with van der Waals surface area (Å²) in [5.41, 5.74) is 2.46. The zero-order chi connectivity index (χ0) is 19.4. The van der Waals surface area contributed by atoms with Crippen molar-refractivity contribution in [3.63, 3.8) is 0 Å². The lowest BCUT2D eigenvalue weighted by Gasteiger charge is -2.15. The first kappa shape index (κ1) is 18.6. The summed E-state index contributed by atoms with van der Waals surface area (Å²) >= 11 is 0. The van der Waals surface area contributed by atoms with Crippen LogP contribution in [0.15, 0.2) is 42.5 Å². The van der Waals surface area contributed by atoms with Crippen molar-refractivity contribution in [2.24, 2.45) is 0 Å². The minimum atomic E-state index is -4.50. The van der Waals surface area contributed by atoms with Crippen LogP contribution < -0.4 is 15.4 Å². The minimum Gasteiger partial charge on any atom is -0.483 e. The van der Waals surface area contributed by atoms with Crippen molar-refractivity contribution in [1.82, 2.24) is 5.32 Å². The number of aryl methyl sites for hydroxylation is 1. The van der Waals surface area contributed by atoms with E-state index in [-0.39, 0.29) is 23.0 Å². The van der Waals surface area contributed by atoms with Crippen LogP contribution in [-0.4, -0.2) is 18.8 Å². The first-order valence-corrected chi connectivity index (χ1v) is 8.25. The van der Waals surface area contributed by atoms with Crippen molar-refractivity contribution < 1.29 is 22.7 Å². The molecule has 27 heavy (non-hydrogen) atoms. The zero-order valence-electron chi connectivity index (χ0n) is 14.1. The number of ether oxygens (including phenoxy) is 1. The molecule has 0 fully saturated rings. The van der Waals surface area contributed by atoms with Gasteiger partial charge in [-0.3, -0.25) is 0 Å². The molecule has 2 amide bonds. The van der Waals surface area contributed by atoms with Gasteiger partial charge in [0.15, 0.2) is 6.61 Å². The molecule has 1 aliphatic rings. The molecule has 0 spiro atoms. The molecule has 0 aromatic heterocycles. The highest BCUT2D eigenvalue weighted by Crippen LogP contribution is 2.31. The predicted molar refractivity (Wildman–Crippen MR) is 92.4 cm³/mol. The predicted octanol–water partition coefficient (Wildman–Crippen LogP) is 4.31. The quantitative estimate of drug-likeness (QED) is 0.836. The molecule has 2 N–H and O–H groups in total. The summed E-state index contributed by atoms with van der Waals surface area (Å²) in [6, 6.07) is 12.9. The molecule has 140 valence electrons. The van der Waals surface area contributed by atoms with E-state index in [1.807, 2.05) is 24.3 Å². The summed E-state index contributed by atoms with van der Waals surface area (Å²) in [6.07, 6.45) is -2.83. The summed E-state index contributed by atoms with van der Waals surface area (Å²) in [7, 11) is 0. The lowest BCUT2D eigenvalue weighted by molar-refractivity contribution is -0.153. The van der Waals surface area contributed by atoms with E-state index < -0.39 is 18.8 Å². The number of hydrogen-bond acceptors (Lipinski definition) is 3. The highest BCUT2D eigenvalue weighted by molar-refractivity contribution is 5.90. The van der Waals surface area contributed by atoms with E-state index in [1.165, 1.54) is 23.8 Å². The third-order valence-corrected chi connectivity index (χ3v) is 4.19. The number of rotatable bonds is 4. The topological polar surface area (TPSA) is 74.2 Å². The van der Waals surface area contributed by atoms with Crippen LogP contribution in [0.25, 0.3) is 0 Å². The second kappa shape index (κ2) is 7.58. The highest BCUT2D eigenvalue weighted by atomic mass is 19.4. The van der Waals surface area contributed by atoms with Crippen LogP contribution in [0.4, 0.5) is 23.7 Å². The Morgan fingerprint density at radius 1 is 1.26 bits per heavy atom. The molecule has 2 aromatic rings. The Kier molecular flexibility index (Phi) is 5.21. The molecule has 1 aliphatic carbocycles. The number of amides is 2. The second-order valence-corrected chi connectivity index (χ2v) is 6.12. The van der Waals surface area contributed by atoms with Crippen LogP contribution in [0.5, 0.6) is 5.75 Å². The smallest absolute Gasteiger partial charge is 0.422 e. The van der Waals surface area contributed by atoms with Gasteiger partial charge in [0.1, 0.15) is 11.8 Å². The largest absolute Gasteiger partial charge is 0.483 e. The highest BCUT2D eigenvalue weighted by Gasteiger charge is 2.29. The third kappa shape index (κ3) is 4.70. The van der Waals surface area contributed by atoms with Gasteiger partial charge in [-0.1, -0.05) is 24.3 Å². The average molecular weight is 375 g/mol. The van der Waals surface area contributed by atoms with Crippen LogP contribution in [0, 0.1) is 11.3 Å². The van der Waals surface area contributed by atoms with Gasteiger partial charge in [-0.15, -0.1) is 0 Å². The molecule has 0 bridgehead atoms. The van der Waals surface area contributed by atoms with Gasteiger partial charge in [0.25, 0.3) is 0 Å². The molecule has 0 aliphatic heterocycles. The fourth-order valence-electron chi connectivity index (χ4n) is 3.01. The van der Waals surface area contributed by atoms with Crippen molar-refractivity contribution in [3.05, 3.63) is 59.2 Å². The molecule has 3 rings (SSSR count). The normalized spacial score (nSPS) is 15.6. The Balaban J connectivity index is 1.64. The standard InChI is InChI=1S/C19H16F3N3O2/c20-19(21,22)11-27-17-8-6-14(9-13(17)10-23)24-18(26)25-16-7-5-12-3-1-2-4-15(12)16/h1-4,6,8-9,16H,5,7,11H2,(H2,24,25,26)/t16-/m1/s1. The Hall–Kier alpha value is -3.21. The van der Waals surface area contributed by atoms with E-state index in [2.05, 4.69) is 15.4 Å². The van der Waals surface area contributed by atoms with Crippen molar-refractivity contribution in [3.8, 4) is 11.8 Å². The first-order chi connectivity index (χ1) is 12.9. The Morgan fingerprint density at radius 2 is 2.04 bits per heavy atom. The van der Waals surface area contributed by atoms with Gasteiger partial charge in [-0.25, -0.2) is 4.79 Å². The number of halogens is 3. The molecule has 8 heteroatoms. The Labute approximate surface area is 153 Å². The molecule has 0 saturated carbocycles. The number of urea groups is 1. The summed E-state index contributed by atoms with van der Waals surface area (Å²) in [5, 5.41) is 14.6. The van der Waals surface area contributed by atoms with Crippen LogP contribution >= 0.6 is 0 Å². The summed E-state index contributed by atoms with van der Waals surface area (Å²) in [6.45, 7) is -1.49. The van der Waals surface area contributed by atoms with E-state index in [1.54, 1.807) is 6.07 Å². The van der Waals surface area contributed by atoms with Crippen LogP contribution in [0.2, 0.25) is 0 Å². The van der Waals surface area contributed by atoms with Gasteiger partial charge in [-0.05, 0) is 42.2 Å². The van der Waals surface area contributed by atoms with Crippen molar-refractivity contribution >= 4 is 11.7 Å². The van der Waals surface area contributed by atoms with Gasteiger partial charge < -0.3 is 15.4 Å². The maximum absolute atomic E-state index is 12.3. The summed E-state index contributed by atoms with van der Waals surface area (Å²) in [4.78, 5) is 12.2. The fraction of sp³-hybridized carbons (Fsp3) is 0.263. The van der Waals surface area contributed by atoms with Crippen LogP contribution in [0.3, 0.4) is 0 Å². The molecule has 0 heterocycles. The Morgan fingerprint density at radius 3 is 2.78 bits per heavy atom. The van der Waals surface area contributed by atoms with Crippen molar-refractivity contribution in [1.29, 1.82) is 5.26 Å². The van der Waals surface area contributed by atoms with Gasteiger partial charge in [0.05, 0.1) is 11.6 Å². The lowest BCUT2D eigenvalue weighted by atomic mass is 10.1. The number of anilines is 1. The first-order valence-electron chi connectivity index (χ1n) is 8.25. The number of nitriles is 1. The lowest BCUT2D eigenvalue weighted by Crippen LogP contribution is -2.31. The van der Waals surface area contributed by atoms with E-state index >= 15 is 0 Å². The number of alkyl halides is 3. The SMILES string of the molecule is N#Cc1cc(NC(=O)N[C@@H]2CCc3ccccc32)ccc1OCC(F)(F)F. The monoisotopic (exact) mass is 375 g/mol. The molecular weight excluding hydrogens is 359 g/mol. The summed E-state index contributed by atoms with van der Waals surface area (Å²) in [5.74, 6) is -0.189. The van der Waals surface area contributed by atoms with E-state index in [4.69, 9.17) is 5.26 Å². The van der Waals surface area contributed by atoms with E-state index in [9.17, 15) is 18.0 Å². The number of nitrogens with zero attached hydrogens (tertiary/aromatic N) is 1. The van der Waals surface area contributed by atoms with Gasteiger partial charge in [-0.2, -0.15) is 18.4 Å². The Bertz CT molecular complexity index is 890. The van der Waals surface area contributed by atoms with E-state index in [0.29, 0.717) is 0 Å². The third-order valence-electron chi connectivity index (χ3n) is 4.19. The fourth-order valence-corrected chi connectivity index (χ4v) is 3.01. The molecule has 5 nitrogen and oxygen atoms in total. The maximum atomic E-state index is 12.3. The van der Waals surface area contributed by atoms with Gasteiger partial charge in [0, 0.05) is 5.69 Å². The number of fused-ring (bicyclic) bond motifs is 1. The van der Waals surface area contributed by atoms with Crippen LogP contribution in [0.1, 0.15) is 29.2 Å². The average Bonchev–Trinajstić information content (AvgIpc) is 3.02. The minimum absolute atomic E-state index is 0.0942. The van der Waals surface area contributed by atoms with Crippen LogP contribution in [-0.2, 0) is 6.42 Å². The molecule has 0 radical (unpaired) electrons. The second-order valence-electron chi connectivity index (χ2n) is 6.12. The molecule has 0 unspecified atom stereocenters. The molecular formula is C19H16F3N3O2. The van der Waals surface area contributed by atoms with E-state index in [0.717, 1.165) is 18.4 Å². The van der Waals surface area contributed by atoms with Gasteiger partial charge in [0.2, 0.25) is 0 Å². The zero-order valence-corrected chi connectivity index (χ0v) is 14.1.